The Morgan fingerprint density at radius 1 is 1.45 bits per heavy atom. The Morgan fingerprint density at radius 2 is 2.15 bits per heavy atom. The number of nitrogens with two attached hydrogens (primary N) is 1. The number of aliphatic hydroxyl groups excluding tert-OH is 1. The van der Waals surface area contributed by atoms with Gasteiger partial charge in [-0.05, 0) is 18.1 Å². The quantitative estimate of drug-likeness (QED) is 0.699. The minimum absolute atomic E-state index is 0.0143. The van der Waals surface area contributed by atoms with Crippen molar-refractivity contribution in [1.29, 1.82) is 0 Å². The van der Waals surface area contributed by atoms with Crippen molar-refractivity contribution in [3.05, 3.63) is 21.9 Å². The van der Waals surface area contributed by atoms with Crippen molar-refractivity contribution < 1.29 is 14.7 Å². The van der Waals surface area contributed by atoms with Gasteiger partial charge in [-0.15, -0.1) is 11.3 Å². The van der Waals surface area contributed by atoms with E-state index in [1.165, 1.54) is 11.3 Å². The lowest BCUT2D eigenvalue weighted by molar-refractivity contribution is -0.120. The molecular weight excluding hydrogens is 276 g/mol. The van der Waals surface area contributed by atoms with E-state index >= 15 is 0 Å². The van der Waals surface area contributed by atoms with Gasteiger partial charge in [0.25, 0.3) is 5.91 Å². The Balaban J connectivity index is 2.74. The van der Waals surface area contributed by atoms with Crippen LogP contribution in [0.2, 0.25) is 0 Å². The van der Waals surface area contributed by atoms with Gasteiger partial charge in [0.1, 0.15) is 6.04 Å². The zero-order valence-corrected chi connectivity index (χ0v) is 12.3. The van der Waals surface area contributed by atoms with Crippen molar-refractivity contribution in [2.24, 2.45) is 11.7 Å². The summed E-state index contributed by atoms with van der Waals surface area (Å²) in [6.07, 6.45) is 0.399. The van der Waals surface area contributed by atoms with Crippen LogP contribution in [0.5, 0.6) is 0 Å². The summed E-state index contributed by atoms with van der Waals surface area (Å²) in [5, 5.41) is 11.3. The van der Waals surface area contributed by atoms with Gasteiger partial charge in [-0.2, -0.15) is 0 Å². The van der Waals surface area contributed by atoms with Gasteiger partial charge in [-0.3, -0.25) is 9.59 Å². The molecule has 0 aromatic carbocycles. The molecule has 1 unspecified atom stereocenters. The standard InChI is InChI=1S/C14H18N2O3S/c1-9(2)12(13(15)18)16-14(19)11-7-6-10(20-11)5-3-4-8-17/h6-7,9,12,17H,4,8H2,1-2H3,(H2,15,18)(H,16,19). The van der Waals surface area contributed by atoms with E-state index in [4.69, 9.17) is 10.8 Å². The molecule has 0 bridgehead atoms. The molecule has 1 heterocycles. The summed E-state index contributed by atoms with van der Waals surface area (Å²) in [5.41, 5.74) is 5.25. The van der Waals surface area contributed by atoms with Crippen molar-refractivity contribution >= 4 is 23.2 Å². The van der Waals surface area contributed by atoms with Crippen LogP contribution in [-0.4, -0.2) is 29.6 Å². The Labute approximate surface area is 122 Å². The first-order valence-electron chi connectivity index (χ1n) is 6.25. The number of primary amides is 1. The predicted octanol–water partition coefficient (Wildman–Crippen LogP) is 0.722. The van der Waals surface area contributed by atoms with Crippen LogP contribution in [0.4, 0.5) is 0 Å². The Morgan fingerprint density at radius 3 is 2.70 bits per heavy atom. The number of nitrogens with one attached hydrogen (secondary N) is 1. The highest BCUT2D eigenvalue weighted by Crippen LogP contribution is 2.16. The van der Waals surface area contributed by atoms with Crippen LogP contribution < -0.4 is 11.1 Å². The number of carbonyl (C=O) groups excluding carboxylic acids is 2. The topological polar surface area (TPSA) is 92.4 Å². The van der Waals surface area contributed by atoms with Crippen molar-refractivity contribution in [2.45, 2.75) is 26.3 Å². The fraction of sp³-hybridized carbons (Fsp3) is 0.429. The molecule has 0 aliphatic heterocycles. The number of thiophene rings is 1. The Kier molecular flexibility index (Phi) is 6.22. The van der Waals surface area contributed by atoms with Gasteiger partial charge in [0, 0.05) is 6.42 Å². The fourth-order valence-corrected chi connectivity index (χ4v) is 2.30. The maximum absolute atomic E-state index is 12.0. The molecule has 108 valence electrons. The molecule has 0 saturated heterocycles. The van der Waals surface area contributed by atoms with Crippen molar-refractivity contribution in [3.63, 3.8) is 0 Å². The lowest BCUT2D eigenvalue weighted by Crippen LogP contribution is -2.47. The average molecular weight is 294 g/mol. The third kappa shape index (κ3) is 4.68. The van der Waals surface area contributed by atoms with Crippen LogP contribution in [-0.2, 0) is 4.79 Å². The van der Waals surface area contributed by atoms with E-state index in [2.05, 4.69) is 17.2 Å². The first-order chi connectivity index (χ1) is 9.45. The van der Waals surface area contributed by atoms with E-state index < -0.39 is 11.9 Å². The number of aliphatic hydroxyl groups is 1. The van der Waals surface area contributed by atoms with Crippen LogP contribution in [0.3, 0.4) is 0 Å². The Bertz CT molecular complexity index is 540. The molecule has 0 aliphatic carbocycles. The van der Waals surface area contributed by atoms with E-state index in [-0.39, 0.29) is 18.4 Å². The molecule has 0 spiro atoms. The van der Waals surface area contributed by atoms with Crippen LogP contribution >= 0.6 is 11.3 Å². The van der Waals surface area contributed by atoms with Crippen LogP contribution in [0, 0.1) is 17.8 Å². The number of hydrogen-bond acceptors (Lipinski definition) is 4. The molecule has 0 fully saturated rings. The lowest BCUT2D eigenvalue weighted by atomic mass is 10.0. The van der Waals surface area contributed by atoms with Crippen molar-refractivity contribution in [1.82, 2.24) is 5.32 Å². The Hall–Kier alpha value is -1.84. The van der Waals surface area contributed by atoms with E-state index in [0.717, 1.165) is 4.88 Å². The molecule has 0 aliphatic rings. The first kappa shape index (κ1) is 16.2. The lowest BCUT2D eigenvalue weighted by Gasteiger charge is -2.18. The first-order valence-corrected chi connectivity index (χ1v) is 7.07. The molecular formula is C14H18N2O3S. The highest BCUT2D eigenvalue weighted by Gasteiger charge is 2.22. The van der Waals surface area contributed by atoms with Gasteiger partial charge in [0.05, 0.1) is 16.4 Å². The second kappa shape index (κ2) is 7.68. The maximum Gasteiger partial charge on any atom is 0.262 e. The van der Waals surface area contributed by atoms with Gasteiger partial charge in [-0.25, -0.2) is 0 Å². The molecule has 2 amide bonds. The summed E-state index contributed by atoms with van der Waals surface area (Å²) in [7, 11) is 0. The third-order valence-corrected chi connectivity index (χ3v) is 3.54. The van der Waals surface area contributed by atoms with Crippen LogP contribution in [0.1, 0.15) is 34.8 Å². The van der Waals surface area contributed by atoms with Crippen LogP contribution in [0.15, 0.2) is 12.1 Å². The number of hydrogen-bond donors (Lipinski definition) is 3. The normalized spacial score (nSPS) is 11.6. The highest BCUT2D eigenvalue weighted by molar-refractivity contribution is 7.14. The van der Waals surface area contributed by atoms with E-state index in [1.54, 1.807) is 12.1 Å². The van der Waals surface area contributed by atoms with Gasteiger partial charge in [0.15, 0.2) is 0 Å². The minimum atomic E-state index is -0.687. The van der Waals surface area contributed by atoms with Gasteiger partial charge >= 0.3 is 0 Å². The minimum Gasteiger partial charge on any atom is -0.395 e. The van der Waals surface area contributed by atoms with Gasteiger partial charge in [0.2, 0.25) is 5.91 Å². The number of carbonyl (C=O) groups is 2. The maximum atomic E-state index is 12.0. The predicted molar refractivity (Wildman–Crippen MR) is 78.2 cm³/mol. The third-order valence-electron chi connectivity index (χ3n) is 2.54. The molecule has 4 N–H and O–H groups in total. The van der Waals surface area contributed by atoms with Crippen molar-refractivity contribution in [2.75, 3.05) is 6.61 Å². The second-order valence-corrected chi connectivity index (χ2v) is 5.62. The summed E-state index contributed by atoms with van der Waals surface area (Å²) in [5.74, 6) is 4.69. The fourth-order valence-electron chi connectivity index (χ4n) is 1.51. The SMILES string of the molecule is CC(C)C(NC(=O)c1ccc(C#CCCO)s1)C(N)=O. The van der Waals surface area contributed by atoms with Crippen LogP contribution in [0.25, 0.3) is 0 Å². The number of amides is 2. The monoisotopic (exact) mass is 294 g/mol. The molecule has 1 atom stereocenters. The summed E-state index contributed by atoms with van der Waals surface area (Å²) < 4.78 is 0. The zero-order chi connectivity index (χ0) is 15.1. The second-order valence-electron chi connectivity index (χ2n) is 4.54. The largest absolute Gasteiger partial charge is 0.395 e. The molecule has 6 heteroatoms. The number of rotatable bonds is 5. The van der Waals surface area contributed by atoms with Gasteiger partial charge in [-0.1, -0.05) is 25.7 Å². The van der Waals surface area contributed by atoms with Gasteiger partial charge < -0.3 is 16.2 Å². The summed E-state index contributed by atoms with van der Waals surface area (Å²) in [6, 6.07) is 2.70. The molecule has 1 rings (SSSR count). The molecule has 0 saturated carbocycles. The molecule has 1 aromatic rings. The van der Waals surface area contributed by atoms with E-state index in [9.17, 15) is 9.59 Å². The molecule has 20 heavy (non-hydrogen) atoms. The summed E-state index contributed by atoms with van der Waals surface area (Å²) in [6.45, 7) is 3.65. The molecule has 1 aromatic heterocycles. The summed E-state index contributed by atoms with van der Waals surface area (Å²) >= 11 is 1.24. The van der Waals surface area contributed by atoms with E-state index in [1.807, 2.05) is 13.8 Å². The zero-order valence-electron chi connectivity index (χ0n) is 11.5. The van der Waals surface area contributed by atoms with Crippen molar-refractivity contribution in [3.8, 4) is 11.8 Å². The van der Waals surface area contributed by atoms with E-state index in [0.29, 0.717) is 11.3 Å². The summed E-state index contributed by atoms with van der Waals surface area (Å²) in [4.78, 5) is 24.5. The smallest absolute Gasteiger partial charge is 0.262 e. The highest BCUT2D eigenvalue weighted by atomic mass is 32.1. The average Bonchev–Trinajstić information content (AvgIpc) is 2.84. The molecule has 5 nitrogen and oxygen atoms in total. The molecule has 0 radical (unpaired) electrons.